The van der Waals surface area contributed by atoms with Crippen LogP contribution in [0.3, 0.4) is 0 Å². The summed E-state index contributed by atoms with van der Waals surface area (Å²) >= 11 is 1.26. The topological polar surface area (TPSA) is 169 Å². The molecule has 3 aromatic carbocycles. The molecular formula is C32H33N5O7S. The normalized spacial score (nSPS) is 21.8. The van der Waals surface area contributed by atoms with Crippen LogP contribution in [0, 0.1) is 0 Å². The number of nitrogens with zero attached hydrogens (tertiary/aromatic N) is 1. The number of thioether (sulfide) groups is 1. The highest BCUT2D eigenvalue weighted by atomic mass is 32.2. The molecule has 12 nitrogen and oxygen atoms in total. The van der Waals surface area contributed by atoms with Gasteiger partial charge in [-0.3, -0.25) is 24.6 Å². The van der Waals surface area contributed by atoms with E-state index in [0.29, 0.717) is 17.7 Å². The van der Waals surface area contributed by atoms with Gasteiger partial charge in [0.2, 0.25) is 18.0 Å². The molecule has 2 aliphatic rings. The first-order valence-corrected chi connectivity index (χ1v) is 15.0. The SMILES string of the molecule is CC1(C)S[C@@H]2[C@H](NC=O)C(=O)N2[C@@]1(NC(=O)C(N)c1ccc(NC(=O)OCc2ccccc2)cc1)C(=O)OCc1ccccc1. The number of anilines is 1. The van der Waals surface area contributed by atoms with Gasteiger partial charge in [-0.15, -0.1) is 11.8 Å². The molecule has 2 heterocycles. The Bertz CT molecular complexity index is 1570. The number of fused-ring (bicyclic) bond motifs is 1. The average molecular weight is 632 g/mol. The maximum Gasteiger partial charge on any atom is 0.411 e. The molecule has 45 heavy (non-hydrogen) atoms. The van der Waals surface area contributed by atoms with Gasteiger partial charge in [-0.2, -0.15) is 0 Å². The fourth-order valence-electron chi connectivity index (χ4n) is 5.34. The van der Waals surface area contributed by atoms with E-state index in [-0.39, 0.29) is 13.2 Å². The Hall–Kier alpha value is -4.88. The molecule has 0 saturated carbocycles. The minimum absolute atomic E-state index is 0.0882. The van der Waals surface area contributed by atoms with Crippen LogP contribution in [0.2, 0.25) is 0 Å². The van der Waals surface area contributed by atoms with E-state index in [1.54, 1.807) is 62.4 Å². The number of esters is 1. The van der Waals surface area contributed by atoms with E-state index in [1.807, 2.05) is 36.4 Å². The van der Waals surface area contributed by atoms with Crippen LogP contribution in [-0.4, -0.2) is 57.0 Å². The third kappa shape index (κ3) is 6.22. The lowest BCUT2D eigenvalue weighted by atomic mass is 9.87. The van der Waals surface area contributed by atoms with Gasteiger partial charge in [-0.25, -0.2) is 9.59 Å². The number of hydrogen-bond acceptors (Lipinski definition) is 9. The summed E-state index contributed by atoms with van der Waals surface area (Å²) in [4.78, 5) is 65.5. The molecule has 3 aromatic rings. The Morgan fingerprint density at radius 1 is 0.933 bits per heavy atom. The first-order chi connectivity index (χ1) is 21.6. The average Bonchev–Trinajstić information content (AvgIpc) is 3.26. The van der Waals surface area contributed by atoms with Gasteiger partial charge in [0, 0.05) is 5.69 Å². The Labute approximate surface area is 264 Å². The predicted octanol–water partition coefficient (Wildman–Crippen LogP) is 2.80. The number of hydrogen-bond donors (Lipinski definition) is 4. The van der Waals surface area contributed by atoms with Crippen molar-refractivity contribution in [2.75, 3.05) is 5.32 Å². The van der Waals surface area contributed by atoms with E-state index in [4.69, 9.17) is 15.2 Å². The van der Waals surface area contributed by atoms with Crippen LogP contribution in [0.25, 0.3) is 0 Å². The molecule has 4 atom stereocenters. The number of carbonyl (C=O) groups excluding carboxylic acids is 5. The van der Waals surface area contributed by atoms with Crippen LogP contribution in [0.5, 0.6) is 0 Å². The van der Waals surface area contributed by atoms with Gasteiger partial charge < -0.3 is 25.8 Å². The zero-order valence-electron chi connectivity index (χ0n) is 24.6. The second-order valence-electron chi connectivity index (χ2n) is 11.0. The first kappa shape index (κ1) is 31.5. The number of nitrogens with two attached hydrogens (primary N) is 1. The summed E-state index contributed by atoms with van der Waals surface area (Å²) in [6, 6.07) is 22.4. The van der Waals surface area contributed by atoms with Gasteiger partial charge in [-0.05, 0) is 42.7 Å². The molecule has 0 radical (unpaired) electrons. The van der Waals surface area contributed by atoms with Crippen LogP contribution in [0.4, 0.5) is 10.5 Å². The van der Waals surface area contributed by atoms with Crippen molar-refractivity contribution in [3.63, 3.8) is 0 Å². The molecule has 1 unspecified atom stereocenters. The highest BCUT2D eigenvalue weighted by molar-refractivity contribution is 8.01. The van der Waals surface area contributed by atoms with Crippen molar-refractivity contribution in [3.8, 4) is 0 Å². The minimum atomic E-state index is -1.92. The number of nitrogens with one attached hydrogen (secondary N) is 3. The highest BCUT2D eigenvalue weighted by Crippen LogP contribution is 2.56. The van der Waals surface area contributed by atoms with Gasteiger partial charge in [0.15, 0.2) is 0 Å². The van der Waals surface area contributed by atoms with Crippen molar-refractivity contribution in [2.45, 2.75) is 54.9 Å². The standard InChI is InChI=1S/C32H33N5O7S/c1-31(2)32(29(41)43-17-20-9-5-3-6-10-20,37-27(40)25(34-19-38)28(37)45-31)36-26(39)24(33)22-13-15-23(16-14-22)35-30(42)44-18-21-11-7-4-8-12-21/h3-16,19,24-25,28H,17-18,33H2,1-2H3,(H,34,38)(H,35,42)(H,36,39)/t24?,25-,28-,32+/m1/s1. The largest absolute Gasteiger partial charge is 0.458 e. The van der Waals surface area contributed by atoms with Crippen molar-refractivity contribution >= 4 is 47.7 Å². The maximum atomic E-state index is 13.9. The van der Waals surface area contributed by atoms with Crippen LogP contribution in [0.15, 0.2) is 84.9 Å². The molecule has 0 spiro atoms. The maximum absolute atomic E-state index is 13.9. The molecule has 5 N–H and O–H groups in total. The molecule has 2 saturated heterocycles. The Morgan fingerprint density at radius 3 is 2.09 bits per heavy atom. The molecule has 13 heteroatoms. The molecule has 2 fully saturated rings. The van der Waals surface area contributed by atoms with Crippen LogP contribution in [-0.2, 0) is 41.9 Å². The summed E-state index contributed by atoms with van der Waals surface area (Å²) in [6.07, 6.45) is -0.223. The Morgan fingerprint density at radius 2 is 1.51 bits per heavy atom. The van der Waals surface area contributed by atoms with E-state index in [2.05, 4.69) is 16.0 Å². The molecule has 234 valence electrons. The van der Waals surface area contributed by atoms with E-state index >= 15 is 0 Å². The van der Waals surface area contributed by atoms with Crippen LogP contribution < -0.4 is 21.7 Å². The van der Waals surface area contributed by atoms with Crippen molar-refractivity contribution in [1.29, 1.82) is 0 Å². The lowest BCUT2D eigenvalue weighted by Crippen LogP contribution is -2.80. The lowest BCUT2D eigenvalue weighted by Gasteiger charge is -2.50. The molecular weight excluding hydrogens is 598 g/mol. The first-order valence-electron chi connectivity index (χ1n) is 14.1. The summed E-state index contributed by atoms with van der Waals surface area (Å²) in [5.41, 5.74) is 6.80. The van der Waals surface area contributed by atoms with Crippen molar-refractivity contribution in [1.82, 2.24) is 15.5 Å². The molecule has 4 amide bonds. The number of β-lactam (4-membered cyclic amide) rings is 1. The number of rotatable bonds is 11. The van der Waals surface area contributed by atoms with Gasteiger partial charge in [0.05, 0.1) is 4.75 Å². The summed E-state index contributed by atoms with van der Waals surface area (Å²) in [7, 11) is 0. The van der Waals surface area contributed by atoms with Gasteiger partial charge in [-0.1, -0.05) is 72.8 Å². The van der Waals surface area contributed by atoms with Gasteiger partial charge in [0.25, 0.3) is 5.91 Å². The zero-order valence-corrected chi connectivity index (χ0v) is 25.4. The molecule has 0 aromatic heterocycles. The second-order valence-corrected chi connectivity index (χ2v) is 12.8. The smallest absolute Gasteiger partial charge is 0.411 e. The Kier molecular flexibility index (Phi) is 9.11. The summed E-state index contributed by atoms with van der Waals surface area (Å²) in [5.74, 6) is -2.10. The van der Waals surface area contributed by atoms with Gasteiger partial charge in [0.1, 0.15) is 30.7 Å². The van der Waals surface area contributed by atoms with Crippen molar-refractivity contribution in [3.05, 3.63) is 102 Å². The summed E-state index contributed by atoms with van der Waals surface area (Å²) < 4.78 is 9.85. The molecule has 5 rings (SSSR count). The third-order valence-electron chi connectivity index (χ3n) is 7.76. The molecule has 0 bridgehead atoms. The van der Waals surface area contributed by atoms with Crippen molar-refractivity contribution in [2.24, 2.45) is 5.73 Å². The fourth-order valence-corrected chi connectivity index (χ4v) is 7.04. The fraction of sp³-hybridized carbons (Fsp3) is 0.281. The van der Waals surface area contributed by atoms with Crippen molar-refractivity contribution < 1.29 is 33.4 Å². The third-order valence-corrected chi connectivity index (χ3v) is 9.37. The number of amides is 4. The van der Waals surface area contributed by atoms with Crippen LogP contribution >= 0.6 is 11.8 Å². The zero-order chi connectivity index (χ0) is 32.2. The molecule has 2 aliphatic heterocycles. The second kappa shape index (κ2) is 13.0. The van der Waals surface area contributed by atoms with E-state index < -0.39 is 51.7 Å². The predicted molar refractivity (Wildman–Crippen MR) is 166 cm³/mol. The highest BCUT2D eigenvalue weighted by Gasteiger charge is 2.74. The quantitative estimate of drug-likeness (QED) is 0.141. The van der Waals surface area contributed by atoms with E-state index in [0.717, 1.165) is 11.1 Å². The number of benzene rings is 3. The lowest BCUT2D eigenvalue weighted by molar-refractivity contribution is -0.181. The Balaban J connectivity index is 1.31. The van der Waals surface area contributed by atoms with E-state index in [1.165, 1.54) is 16.7 Å². The molecule has 0 aliphatic carbocycles. The monoisotopic (exact) mass is 631 g/mol. The van der Waals surface area contributed by atoms with Crippen LogP contribution in [0.1, 0.15) is 36.6 Å². The number of ether oxygens (including phenoxy) is 2. The minimum Gasteiger partial charge on any atom is -0.458 e. The number of carbonyl (C=O) groups is 5. The van der Waals surface area contributed by atoms with Gasteiger partial charge >= 0.3 is 12.1 Å². The summed E-state index contributed by atoms with van der Waals surface area (Å²) in [5, 5.41) is 7.25. The summed E-state index contributed by atoms with van der Waals surface area (Å²) in [6.45, 7) is 3.45. The van der Waals surface area contributed by atoms with E-state index in [9.17, 15) is 24.0 Å².